The minimum Gasteiger partial charge on any atom is -0.288 e. The maximum Gasteiger partial charge on any atom is 0.258 e. The van der Waals surface area contributed by atoms with Crippen LogP contribution in [0.5, 0.6) is 0 Å². The molecule has 0 aromatic heterocycles. The van der Waals surface area contributed by atoms with Crippen molar-refractivity contribution in [3.63, 3.8) is 0 Å². The fraction of sp³-hybridized carbons (Fsp3) is 0.429. The molecule has 1 aromatic rings. The van der Waals surface area contributed by atoms with Gasteiger partial charge in [0.15, 0.2) is 0 Å². The van der Waals surface area contributed by atoms with Crippen LogP contribution in [0.15, 0.2) is 12.1 Å². The van der Waals surface area contributed by atoms with E-state index in [1.807, 2.05) is 12.1 Å². The van der Waals surface area contributed by atoms with E-state index in [9.17, 15) is 9.59 Å². The van der Waals surface area contributed by atoms with Crippen molar-refractivity contribution in [3.8, 4) is 0 Å². The largest absolute Gasteiger partial charge is 0.288 e. The molecule has 0 saturated carbocycles. The van der Waals surface area contributed by atoms with Crippen molar-refractivity contribution in [3.05, 3.63) is 34.4 Å². The Labute approximate surface area is 100 Å². The summed E-state index contributed by atoms with van der Waals surface area (Å²) in [6.07, 6.45) is 6.41. The SMILES string of the molecule is O=C1NC(=O)c2c3ccc1c2CCCCCC3. The first kappa shape index (κ1) is 10.5. The fourth-order valence-corrected chi connectivity index (χ4v) is 2.86. The lowest BCUT2D eigenvalue weighted by molar-refractivity contribution is 0.0837. The van der Waals surface area contributed by atoms with Gasteiger partial charge in [0.25, 0.3) is 11.8 Å². The second-order valence-corrected chi connectivity index (χ2v) is 4.82. The summed E-state index contributed by atoms with van der Waals surface area (Å²) in [7, 11) is 0. The molecule has 0 spiro atoms. The number of aryl methyl sites for hydroxylation is 1. The van der Waals surface area contributed by atoms with Crippen LogP contribution in [0.3, 0.4) is 0 Å². The standard InChI is InChI=1S/C14H15NO2/c16-13-11-8-7-9-5-3-1-2-4-6-10(11)12(9)14(17)15-13/h7-8H,1-6H2,(H,15,16,17). The van der Waals surface area contributed by atoms with Crippen LogP contribution in [-0.4, -0.2) is 11.8 Å². The van der Waals surface area contributed by atoms with Crippen molar-refractivity contribution < 1.29 is 9.59 Å². The van der Waals surface area contributed by atoms with Gasteiger partial charge in [-0.3, -0.25) is 14.9 Å². The molecule has 0 radical (unpaired) electrons. The molecule has 17 heavy (non-hydrogen) atoms. The molecule has 3 rings (SSSR count). The van der Waals surface area contributed by atoms with Crippen molar-refractivity contribution in [1.82, 2.24) is 5.32 Å². The highest BCUT2D eigenvalue weighted by Crippen LogP contribution is 2.28. The third-order valence-corrected chi connectivity index (χ3v) is 3.72. The minimum absolute atomic E-state index is 0.199. The number of carbonyl (C=O) groups excluding carboxylic acids is 2. The van der Waals surface area contributed by atoms with E-state index in [1.54, 1.807) is 0 Å². The first-order valence-electron chi connectivity index (χ1n) is 6.28. The zero-order valence-corrected chi connectivity index (χ0v) is 9.71. The molecule has 3 heteroatoms. The number of amides is 2. The molecule has 3 nitrogen and oxygen atoms in total. The Morgan fingerprint density at radius 1 is 0.882 bits per heavy atom. The van der Waals surface area contributed by atoms with Gasteiger partial charge >= 0.3 is 0 Å². The lowest BCUT2D eigenvalue weighted by Crippen LogP contribution is -2.37. The van der Waals surface area contributed by atoms with Crippen molar-refractivity contribution in [2.75, 3.05) is 0 Å². The van der Waals surface area contributed by atoms with Gasteiger partial charge in [-0.05, 0) is 42.9 Å². The van der Waals surface area contributed by atoms with Crippen LogP contribution in [0.25, 0.3) is 0 Å². The topological polar surface area (TPSA) is 46.2 Å². The maximum absolute atomic E-state index is 11.9. The van der Waals surface area contributed by atoms with E-state index < -0.39 is 0 Å². The normalized spacial score (nSPS) is 19.1. The Kier molecular flexibility index (Phi) is 2.46. The fourth-order valence-electron chi connectivity index (χ4n) is 2.86. The van der Waals surface area contributed by atoms with E-state index in [0.29, 0.717) is 5.56 Å². The number of hydrogen-bond acceptors (Lipinski definition) is 2. The molecule has 0 saturated heterocycles. The first-order chi connectivity index (χ1) is 8.27. The van der Waals surface area contributed by atoms with E-state index in [1.165, 1.54) is 12.8 Å². The summed E-state index contributed by atoms with van der Waals surface area (Å²) in [6, 6.07) is 3.83. The number of imide groups is 1. The van der Waals surface area contributed by atoms with E-state index in [0.717, 1.165) is 42.4 Å². The predicted octanol–water partition coefficient (Wildman–Crippen LogP) is 2.23. The van der Waals surface area contributed by atoms with Gasteiger partial charge in [-0.15, -0.1) is 0 Å². The summed E-state index contributed by atoms with van der Waals surface area (Å²) in [6.45, 7) is 0. The van der Waals surface area contributed by atoms with Crippen molar-refractivity contribution >= 4 is 11.8 Å². The Balaban J connectivity index is 2.20. The molecule has 1 aliphatic carbocycles. The van der Waals surface area contributed by atoms with Crippen LogP contribution < -0.4 is 5.32 Å². The van der Waals surface area contributed by atoms with Gasteiger partial charge < -0.3 is 0 Å². The van der Waals surface area contributed by atoms with E-state index in [-0.39, 0.29) is 11.8 Å². The Morgan fingerprint density at radius 3 is 2.47 bits per heavy atom. The summed E-state index contributed by atoms with van der Waals surface area (Å²) < 4.78 is 0. The summed E-state index contributed by atoms with van der Waals surface area (Å²) in [5, 5.41) is 2.43. The van der Waals surface area contributed by atoms with E-state index in [4.69, 9.17) is 0 Å². The molecule has 88 valence electrons. The summed E-state index contributed by atoms with van der Waals surface area (Å²) >= 11 is 0. The molecule has 0 unspecified atom stereocenters. The van der Waals surface area contributed by atoms with E-state index >= 15 is 0 Å². The molecule has 0 fully saturated rings. The van der Waals surface area contributed by atoms with Crippen molar-refractivity contribution in [1.29, 1.82) is 0 Å². The van der Waals surface area contributed by atoms with Gasteiger partial charge in [0.05, 0.1) is 0 Å². The first-order valence-corrected chi connectivity index (χ1v) is 6.28. The van der Waals surface area contributed by atoms with Gasteiger partial charge in [0, 0.05) is 11.1 Å². The predicted molar refractivity (Wildman–Crippen MR) is 64.1 cm³/mol. The molecule has 2 aliphatic rings. The van der Waals surface area contributed by atoms with Crippen LogP contribution in [0, 0.1) is 0 Å². The van der Waals surface area contributed by atoms with Gasteiger partial charge in [-0.1, -0.05) is 18.9 Å². The molecular formula is C14H15NO2. The number of carbonyl (C=O) groups is 2. The molecule has 2 amide bonds. The monoisotopic (exact) mass is 229 g/mol. The van der Waals surface area contributed by atoms with Crippen LogP contribution in [0.1, 0.15) is 57.5 Å². The van der Waals surface area contributed by atoms with Gasteiger partial charge in [0.1, 0.15) is 0 Å². The lowest BCUT2D eigenvalue weighted by atomic mass is 9.88. The van der Waals surface area contributed by atoms with Crippen LogP contribution in [-0.2, 0) is 12.8 Å². The molecule has 1 aromatic carbocycles. The smallest absolute Gasteiger partial charge is 0.258 e. The van der Waals surface area contributed by atoms with Gasteiger partial charge in [0.2, 0.25) is 0 Å². The maximum atomic E-state index is 11.9. The number of hydrogen-bond donors (Lipinski definition) is 1. The number of nitrogens with one attached hydrogen (secondary N) is 1. The highest BCUT2D eigenvalue weighted by atomic mass is 16.2. The Bertz CT molecular complexity index is 505. The van der Waals surface area contributed by atoms with Crippen molar-refractivity contribution in [2.45, 2.75) is 38.5 Å². The average molecular weight is 229 g/mol. The van der Waals surface area contributed by atoms with Crippen LogP contribution >= 0.6 is 0 Å². The molecule has 1 heterocycles. The lowest BCUT2D eigenvalue weighted by Gasteiger charge is -2.21. The zero-order valence-electron chi connectivity index (χ0n) is 9.71. The summed E-state index contributed by atoms with van der Waals surface area (Å²) in [5.74, 6) is -0.432. The molecule has 0 atom stereocenters. The number of benzene rings is 1. The number of rotatable bonds is 0. The third kappa shape index (κ3) is 1.66. The Morgan fingerprint density at radius 2 is 1.65 bits per heavy atom. The third-order valence-electron chi connectivity index (χ3n) is 3.72. The molecular weight excluding hydrogens is 214 g/mol. The molecule has 1 aliphatic heterocycles. The van der Waals surface area contributed by atoms with Gasteiger partial charge in [-0.25, -0.2) is 0 Å². The second kappa shape index (κ2) is 3.99. The van der Waals surface area contributed by atoms with Gasteiger partial charge in [-0.2, -0.15) is 0 Å². The van der Waals surface area contributed by atoms with Crippen molar-refractivity contribution in [2.24, 2.45) is 0 Å². The molecule has 4 bridgehead atoms. The minimum atomic E-state index is -0.233. The summed E-state index contributed by atoms with van der Waals surface area (Å²) in [5.41, 5.74) is 3.57. The average Bonchev–Trinajstić information content (AvgIpc) is 2.37. The Hall–Kier alpha value is -1.64. The zero-order chi connectivity index (χ0) is 11.8. The highest BCUT2D eigenvalue weighted by Gasteiger charge is 2.28. The second-order valence-electron chi connectivity index (χ2n) is 4.82. The van der Waals surface area contributed by atoms with Crippen LogP contribution in [0.4, 0.5) is 0 Å². The molecule has 1 N–H and O–H groups in total. The highest BCUT2D eigenvalue weighted by molar-refractivity contribution is 6.16. The van der Waals surface area contributed by atoms with Crippen LogP contribution in [0.2, 0.25) is 0 Å². The quantitative estimate of drug-likeness (QED) is 0.693. The summed E-state index contributed by atoms with van der Waals surface area (Å²) in [4.78, 5) is 23.7. The van der Waals surface area contributed by atoms with E-state index in [2.05, 4.69) is 5.32 Å².